The van der Waals surface area contributed by atoms with Crippen LogP contribution in [0.25, 0.3) is 0 Å². The Bertz CT molecular complexity index is 862. The van der Waals surface area contributed by atoms with Gasteiger partial charge in [-0.1, -0.05) is 42.5 Å². The molecule has 2 atom stereocenters. The van der Waals surface area contributed by atoms with Gasteiger partial charge in [0, 0.05) is 13.1 Å². The summed E-state index contributed by atoms with van der Waals surface area (Å²) >= 11 is 3.27. The van der Waals surface area contributed by atoms with Crippen molar-refractivity contribution in [2.24, 2.45) is 0 Å². The number of ether oxygens (including phenoxy) is 1. The molecule has 2 amide bonds. The van der Waals surface area contributed by atoms with E-state index in [4.69, 9.17) is 4.74 Å². The van der Waals surface area contributed by atoms with Gasteiger partial charge in [-0.25, -0.2) is 0 Å². The summed E-state index contributed by atoms with van der Waals surface area (Å²) in [6, 6.07) is 17.9. The molecule has 7 heteroatoms. The topological polar surface area (TPSA) is 49.9 Å². The van der Waals surface area contributed by atoms with Crippen molar-refractivity contribution in [3.8, 4) is 5.75 Å². The average Bonchev–Trinajstić information content (AvgIpc) is 3.29. The number of thioether (sulfide) groups is 2. The molecular formula is C21H22N2O3S2. The van der Waals surface area contributed by atoms with Crippen LogP contribution in [0.5, 0.6) is 5.75 Å². The van der Waals surface area contributed by atoms with E-state index in [1.165, 1.54) is 0 Å². The van der Waals surface area contributed by atoms with Crippen LogP contribution in [-0.4, -0.2) is 53.3 Å². The normalized spacial score (nSPS) is 22.2. The molecule has 0 saturated carbocycles. The lowest BCUT2D eigenvalue weighted by atomic mass is 10.2. The Labute approximate surface area is 173 Å². The van der Waals surface area contributed by atoms with E-state index < -0.39 is 0 Å². The molecular weight excluding hydrogens is 392 g/mol. The zero-order chi connectivity index (χ0) is 19.5. The summed E-state index contributed by atoms with van der Waals surface area (Å²) in [5.41, 5.74) is 2.18. The molecule has 2 aromatic carbocycles. The predicted molar refractivity (Wildman–Crippen MR) is 113 cm³/mol. The van der Waals surface area contributed by atoms with Gasteiger partial charge in [-0.15, -0.1) is 23.5 Å². The van der Waals surface area contributed by atoms with Gasteiger partial charge in [0.05, 0.1) is 18.6 Å². The first kappa shape index (κ1) is 19.2. The predicted octanol–water partition coefficient (Wildman–Crippen LogP) is 3.54. The van der Waals surface area contributed by atoms with Crippen molar-refractivity contribution in [1.29, 1.82) is 0 Å². The second-order valence-electron chi connectivity index (χ2n) is 6.69. The van der Waals surface area contributed by atoms with E-state index in [-0.39, 0.29) is 22.6 Å². The summed E-state index contributed by atoms with van der Waals surface area (Å²) in [5.74, 6) is 1.99. The van der Waals surface area contributed by atoms with Crippen molar-refractivity contribution in [2.75, 3.05) is 31.7 Å². The van der Waals surface area contributed by atoms with Crippen molar-refractivity contribution >= 4 is 35.3 Å². The average molecular weight is 415 g/mol. The number of carbonyl (C=O) groups is 2. The molecule has 2 fully saturated rings. The van der Waals surface area contributed by atoms with Crippen molar-refractivity contribution in [3.05, 3.63) is 65.7 Å². The summed E-state index contributed by atoms with van der Waals surface area (Å²) in [5, 5.41) is -0.0162. The fourth-order valence-corrected chi connectivity index (χ4v) is 6.00. The molecule has 2 aromatic rings. The van der Waals surface area contributed by atoms with Crippen LogP contribution in [0.4, 0.5) is 0 Å². The zero-order valence-corrected chi connectivity index (χ0v) is 17.2. The second-order valence-corrected chi connectivity index (χ2v) is 8.83. The second kappa shape index (κ2) is 8.49. The van der Waals surface area contributed by atoms with E-state index in [2.05, 4.69) is 12.1 Å². The zero-order valence-electron chi connectivity index (χ0n) is 15.6. The summed E-state index contributed by atoms with van der Waals surface area (Å²) in [6.45, 7) is 1.07. The third kappa shape index (κ3) is 3.86. The number of carbonyl (C=O) groups excluding carboxylic acids is 2. The lowest BCUT2D eigenvalue weighted by molar-refractivity contribution is -0.132. The molecule has 2 aliphatic heterocycles. The van der Waals surface area contributed by atoms with Crippen molar-refractivity contribution in [2.45, 2.75) is 10.7 Å². The van der Waals surface area contributed by atoms with Crippen LogP contribution in [0.2, 0.25) is 0 Å². The van der Waals surface area contributed by atoms with Gasteiger partial charge in [-0.2, -0.15) is 0 Å². The highest BCUT2D eigenvalue weighted by Crippen LogP contribution is 2.41. The Balaban J connectivity index is 1.49. The molecule has 2 heterocycles. The quantitative estimate of drug-likeness (QED) is 0.724. The Morgan fingerprint density at radius 2 is 1.43 bits per heavy atom. The van der Waals surface area contributed by atoms with Gasteiger partial charge < -0.3 is 14.5 Å². The van der Waals surface area contributed by atoms with Gasteiger partial charge >= 0.3 is 0 Å². The molecule has 0 aliphatic carbocycles. The van der Waals surface area contributed by atoms with Gasteiger partial charge in [0.25, 0.3) is 0 Å². The Hall–Kier alpha value is -2.12. The molecule has 0 aromatic heterocycles. The minimum Gasteiger partial charge on any atom is -0.497 e. The van der Waals surface area contributed by atoms with Gasteiger partial charge in [0.15, 0.2) is 0 Å². The molecule has 28 heavy (non-hydrogen) atoms. The first-order valence-electron chi connectivity index (χ1n) is 9.18. The lowest BCUT2D eigenvalue weighted by Crippen LogP contribution is -2.39. The fourth-order valence-electron chi connectivity index (χ4n) is 3.57. The standard InChI is InChI=1S/C21H22N2O3S2/c1-26-17-9-5-8-16(12-17)21-23(19(25)14-28-21)11-10-22-18(24)13-27-20(22)15-6-3-2-4-7-15/h2-9,12,20-21H,10-11,13-14H2,1H3/t20-,21+/m1/s1. The Morgan fingerprint density at radius 1 is 0.857 bits per heavy atom. The summed E-state index contributed by atoms with van der Waals surface area (Å²) in [7, 11) is 1.64. The van der Waals surface area contributed by atoms with Gasteiger partial charge in [0.2, 0.25) is 11.8 Å². The summed E-state index contributed by atoms with van der Waals surface area (Å²) in [4.78, 5) is 28.8. The smallest absolute Gasteiger partial charge is 0.233 e. The molecule has 0 spiro atoms. The van der Waals surface area contributed by atoms with Crippen LogP contribution in [0.3, 0.4) is 0 Å². The van der Waals surface area contributed by atoms with E-state index >= 15 is 0 Å². The van der Waals surface area contributed by atoms with Gasteiger partial charge in [-0.05, 0) is 23.3 Å². The Morgan fingerprint density at radius 3 is 2.04 bits per heavy atom. The number of methoxy groups -OCH3 is 1. The minimum absolute atomic E-state index is 0.0225. The maximum Gasteiger partial charge on any atom is 0.233 e. The summed E-state index contributed by atoms with van der Waals surface area (Å²) in [6.07, 6.45) is 0. The first-order valence-corrected chi connectivity index (χ1v) is 11.3. The van der Waals surface area contributed by atoms with Crippen LogP contribution in [0.15, 0.2) is 54.6 Å². The monoisotopic (exact) mass is 414 g/mol. The van der Waals surface area contributed by atoms with Crippen LogP contribution in [0, 0.1) is 0 Å². The molecule has 2 saturated heterocycles. The van der Waals surface area contributed by atoms with E-state index in [9.17, 15) is 9.59 Å². The highest BCUT2D eigenvalue weighted by molar-refractivity contribution is 8.00. The third-order valence-corrected chi connectivity index (χ3v) is 7.49. The van der Waals surface area contributed by atoms with Crippen molar-refractivity contribution in [3.63, 3.8) is 0 Å². The molecule has 0 radical (unpaired) electrons. The first-order chi connectivity index (χ1) is 13.7. The van der Waals surface area contributed by atoms with E-state index in [1.807, 2.05) is 52.3 Å². The molecule has 4 rings (SSSR count). The fraction of sp³-hybridized carbons (Fsp3) is 0.333. The minimum atomic E-state index is -0.0388. The van der Waals surface area contributed by atoms with Crippen molar-refractivity contribution in [1.82, 2.24) is 9.80 Å². The largest absolute Gasteiger partial charge is 0.497 e. The SMILES string of the molecule is COc1cccc([C@@H]2SCC(=O)N2CCN2C(=O)CS[C@@H]2c2ccccc2)c1. The van der Waals surface area contributed by atoms with Crippen LogP contribution < -0.4 is 4.74 Å². The number of nitrogens with zero attached hydrogens (tertiary/aromatic N) is 2. The molecule has 146 valence electrons. The number of amides is 2. The van der Waals surface area contributed by atoms with E-state index in [0.29, 0.717) is 24.6 Å². The highest BCUT2D eigenvalue weighted by atomic mass is 32.2. The highest BCUT2D eigenvalue weighted by Gasteiger charge is 2.36. The number of rotatable bonds is 6. The number of hydrogen-bond donors (Lipinski definition) is 0. The van der Waals surface area contributed by atoms with Crippen molar-refractivity contribution < 1.29 is 14.3 Å². The molecule has 5 nitrogen and oxygen atoms in total. The maximum absolute atomic E-state index is 12.5. The lowest BCUT2D eigenvalue weighted by Gasteiger charge is -2.29. The van der Waals surface area contributed by atoms with Crippen LogP contribution in [-0.2, 0) is 9.59 Å². The number of hydrogen-bond acceptors (Lipinski definition) is 5. The Kier molecular flexibility index (Phi) is 5.82. The van der Waals surface area contributed by atoms with E-state index in [0.717, 1.165) is 16.9 Å². The molecule has 0 bridgehead atoms. The molecule has 2 aliphatic rings. The van der Waals surface area contributed by atoms with Gasteiger partial charge in [-0.3, -0.25) is 9.59 Å². The summed E-state index contributed by atoms with van der Waals surface area (Å²) < 4.78 is 5.33. The molecule has 0 N–H and O–H groups in total. The van der Waals surface area contributed by atoms with Crippen LogP contribution in [0.1, 0.15) is 21.9 Å². The third-order valence-electron chi connectivity index (χ3n) is 4.98. The maximum atomic E-state index is 12.5. The number of benzene rings is 2. The van der Waals surface area contributed by atoms with E-state index in [1.54, 1.807) is 30.6 Å². The van der Waals surface area contributed by atoms with Gasteiger partial charge in [0.1, 0.15) is 16.5 Å². The van der Waals surface area contributed by atoms with Crippen LogP contribution >= 0.6 is 23.5 Å². The molecule has 0 unspecified atom stereocenters.